The Balaban J connectivity index is 2.41. The van der Waals surface area contributed by atoms with Gasteiger partial charge in [0.25, 0.3) is 0 Å². The molecule has 12 nitrogen and oxygen atoms in total. The zero-order chi connectivity index (χ0) is 28.8. The van der Waals surface area contributed by atoms with Crippen LogP contribution in [-0.4, -0.2) is 79.9 Å². The summed E-state index contributed by atoms with van der Waals surface area (Å²) in [7, 11) is 0. The molecule has 2 aliphatic rings. The molecule has 0 aromatic heterocycles. The number of hydrogen-bond donors (Lipinski definition) is 0. The van der Waals surface area contributed by atoms with Gasteiger partial charge in [0.1, 0.15) is 19.3 Å². The zero-order valence-corrected chi connectivity index (χ0v) is 23.2. The van der Waals surface area contributed by atoms with E-state index in [4.69, 9.17) is 33.2 Å². The van der Waals surface area contributed by atoms with E-state index in [-0.39, 0.29) is 19.2 Å². The number of carbonyl (C=O) groups is 5. The molecule has 0 amide bonds. The lowest BCUT2D eigenvalue weighted by Gasteiger charge is -2.46. The Kier molecular flexibility index (Phi) is 10.8. The summed E-state index contributed by atoms with van der Waals surface area (Å²) in [6.07, 6.45) is -5.63. The number of rotatable bonds is 9. The second-order valence-corrected chi connectivity index (χ2v) is 10.2. The minimum absolute atomic E-state index is 0.167. The van der Waals surface area contributed by atoms with Crippen molar-refractivity contribution in [2.24, 2.45) is 5.41 Å². The second-order valence-electron chi connectivity index (χ2n) is 10.2. The third kappa shape index (κ3) is 8.80. The van der Waals surface area contributed by atoms with Crippen LogP contribution in [0.5, 0.6) is 0 Å². The molecule has 12 heteroatoms. The highest BCUT2D eigenvalue weighted by Crippen LogP contribution is 2.42. The second kappa shape index (κ2) is 13.2. The van der Waals surface area contributed by atoms with Crippen molar-refractivity contribution in [3.63, 3.8) is 0 Å². The minimum atomic E-state index is -1.30. The predicted molar refractivity (Wildman–Crippen MR) is 129 cm³/mol. The highest BCUT2D eigenvalue weighted by Gasteiger charge is 2.53. The van der Waals surface area contributed by atoms with Crippen LogP contribution < -0.4 is 0 Å². The number of hydrogen-bond acceptors (Lipinski definition) is 12. The van der Waals surface area contributed by atoms with E-state index in [9.17, 15) is 24.0 Å². The molecular weight excluding hydrogens is 504 g/mol. The van der Waals surface area contributed by atoms with Gasteiger partial charge in [-0.2, -0.15) is 0 Å². The largest absolute Gasteiger partial charge is 0.463 e. The first-order valence-corrected chi connectivity index (χ1v) is 12.4. The number of esters is 5. The Morgan fingerprint density at radius 3 is 1.82 bits per heavy atom. The molecule has 1 fully saturated rings. The van der Waals surface area contributed by atoms with Crippen molar-refractivity contribution < 1.29 is 57.1 Å². The van der Waals surface area contributed by atoms with Gasteiger partial charge < -0.3 is 33.2 Å². The van der Waals surface area contributed by atoms with Gasteiger partial charge in [0.15, 0.2) is 24.6 Å². The van der Waals surface area contributed by atoms with Crippen molar-refractivity contribution in [1.82, 2.24) is 0 Å². The molecular formula is C26H38O12. The van der Waals surface area contributed by atoms with Crippen LogP contribution in [-0.2, 0) is 57.1 Å². The lowest BCUT2D eigenvalue weighted by atomic mass is 9.72. The fourth-order valence-electron chi connectivity index (χ4n) is 4.88. The third-order valence-corrected chi connectivity index (χ3v) is 6.30. The van der Waals surface area contributed by atoms with Gasteiger partial charge in [-0.15, -0.1) is 0 Å². The Morgan fingerprint density at radius 2 is 1.32 bits per heavy atom. The topological polar surface area (TPSA) is 150 Å². The van der Waals surface area contributed by atoms with Gasteiger partial charge in [-0.25, -0.2) is 0 Å². The average molecular weight is 543 g/mol. The zero-order valence-electron chi connectivity index (χ0n) is 23.2. The average Bonchev–Trinajstić information content (AvgIpc) is 2.74. The quantitative estimate of drug-likeness (QED) is 0.239. The molecule has 0 unspecified atom stereocenters. The molecule has 0 aromatic rings. The minimum Gasteiger partial charge on any atom is -0.463 e. The first kappa shape index (κ1) is 31.2. The van der Waals surface area contributed by atoms with E-state index in [1.165, 1.54) is 20.8 Å². The summed E-state index contributed by atoms with van der Waals surface area (Å²) < 4.78 is 39.0. The maximum atomic E-state index is 12.0. The Labute approximate surface area is 222 Å². The molecule has 0 N–H and O–H groups in total. The van der Waals surface area contributed by atoms with Crippen LogP contribution in [0, 0.1) is 5.41 Å². The van der Waals surface area contributed by atoms with E-state index >= 15 is 0 Å². The molecule has 0 bridgehead atoms. The van der Waals surface area contributed by atoms with Gasteiger partial charge in [0.05, 0.1) is 6.10 Å². The summed E-state index contributed by atoms with van der Waals surface area (Å²) in [4.78, 5) is 58.8. The van der Waals surface area contributed by atoms with Crippen LogP contribution >= 0.6 is 0 Å². The molecule has 1 saturated heterocycles. The van der Waals surface area contributed by atoms with Crippen molar-refractivity contribution in [2.45, 2.75) is 105 Å². The van der Waals surface area contributed by atoms with Gasteiger partial charge in [-0.05, 0) is 30.8 Å². The van der Waals surface area contributed by atoms with Gasteiger partial charge >= 0.3 is 29.8 Å². The first-order chi connectivity index (χ1) is 17.6. The fourth-order valence-corrected chi connectivity index (χ4v) is 4.88. The maximum Gasteiger partial charge on any atom is 0.303 e. The maximum absolute atomic E-state index is 12.0. The third-order valence-electron chi connectivity index (χ3n) is 6.30. The van der Waals surface area contributed by atoms with Crippen LogP contribution in [0.2, 0.25) is 0 Å². The molecule has 2 rings (SSSR count). The number of carbonyl (C=O) groups excluding carboxylic acids is 5. The van der Waals surface area contributed by atoms with E-state index in [0.29, 0.717) is 12.8 Å². The monoisotopic (exact) mass is 542 g/mol. The number of ether oxygens (including phenoxy) is 7. The van der Waals surface area contributed by atoms with Crippen LogP contribution in [0.1, 0.15) is 68.2 Å². The molecule has 0 aromatic carbocycles. The molecule has 0 spiro atoms. The Bertz CT molecular complexity index is 952. The van der Waals surface area contributed by atoms with Crippen LogP contribution in [0.4, 0.5) is 0 Å². The summed E-state index contributed by atoms with van der Waals surface area (Å²) in [6.45, 7) is 11.8. The summed E-state index contributed by atoms with van der Waals surface area (Å²) >= 11 is 0. The summed E-state index contributed by atoms with van der Waals surface area (Å²) in [6, 6.07) is 0. The van der Waals surface area contributed by atoms with Crippen molar-refractivity contribution in [1.29, 1.82) is 0 Å². The highest BCUT2D eigenvalue weighted by molar-refractivity contribution is 5.69. The van der Waals surface area contributed by atoms with E-state index in [0.717, 1.165) is 25.0 Å². The molecule has 1 aliphatic heterocycles. The normalized spacial score (nSPS) is 28.6. The van der Waals surface area contributed by atoms with Crippen molar-refractivity contribution in [2.75, 3.05) is 13.2 Å². The van der Waals surface area contributed by atoms with Gasteiger partial charge in [-0.1, -0.05) is 19.4 Å². The van der Waals surface area contributed by atoms with Gasteiger partial charge in [-0.3, -0.25) is 24.0 Å². The molecule has 6 atom stereocenters. The lowest BCUT2D eigenvalue weighted by Crippen LogP contribution is -2.63. The molecule has 1 heterocycles. The van der Waals surface area contributed by atoms with Crippen molar-refractivity contribution in [3.05, 3.63) is 11.1 Å². The predicted octanol–water partition coefficient (Wildman–Crippen LogP) is 2.15. The van der Waals surface area contributed by atoms with Crippen LogP contribution in [0.15, 0.2) is 11.1 Å². The van der Waals surface area contributed by atoms with E-state index in [2.05, 4.69) is 0 Å². The highest BCUT2D eigenvalue weighted by atomic mass is 16.7. The van der Waals surface area contributed by atoms with Crippen molar-refractivity contribution >= 4 is 29.8 Å². The van der Waals surface area contributed by atoms with E-state index in [1.807, 2.05) is 20.8 Å². The van der Waals surface area contributed by atoms with E-state index < -0.39 is 66.1 Å². The Morgan fingerprint density at radius 1 is 0.789 bits per heavy atom. The smallest absolute Gasteiger partial charge is 0.303 e. The molecule has 1 aliphatic carbocycles. The fraction of sp³-hybridized carbons (Fsp3) is 0.731. The van der Waals surface area contributed by atoms with Crippen molar-refractivity contribution in [3.8, 4) is 0 Å². The van der Waals surface area contributed by atoms with Gasteiger partial charge in [0, 0.05) is 34.6 Å². The lowest BCUT2D eigenvalue weighted by molar-refractivity contribution is -0.318. The first-order valence-electron chi connectivity index (χ1n) is 12.4. The molecule has 38 heavy (non-hydrogen) atoms. The standard InChI is InChI=1S/C26H38O12/c1-13-9-19(10-26(7,8)20(13)11-32-14(2)27)37-25-24(36-18(6)31)23(35-17(5)30)22(34-16(4)29)21(38-25)12-33-15(3)28/h19,21-25H,9-12H2,1-8H3/t19-,21-,22-,23+,24-,25-/m1/s1. The Hall–Kier alpha value is -2.99. The molecule has 0 radical (unpaired) electrons. The molecule has 214 valence electrons. The van der Waals surface area contributed by atoms with E-state index in [1.54, 1.807) is 0 Å². The van der Waals surface area contributed by atoms with Crippen LogP contribution in [0.25, 0.3) is 0 Å². The SMILES string of the molecule is CC(=O)OCC1=C(C)C[C@@H](O[C@@H]2O[C@H](COC(C)=O)[C@@H](OC(C)=O)[C@H](OC(C)=O)[C@H]2OC(C)=O)CC1(C)C. The molecule has 0 saturated carbocycles. The van der Waals surface area contributed by atoms with Crippen LogP contribution in [0.3, 0.4) is 0 Å². The summed E-state index contributed by atoms with van der Waals surface area (Å²) in [5.74, 6) is -3.11. The van der Waals surface area contributed by atoms with Gasteiger partial charge in [0.2, 0.25) is 0 Å². The summed E-state index contributed by atoms with van der Waals surface area (Å²) in [5.41, 5.74) is 1.55. The summed E-state index contributed by atoms with van der Waals surface area (Å²) in [5, 5.41) is 0.